The fourth-order valence-electron chi connectivity index (χ4n) is 2.43. The molecule has 7 heteroatoms. The van der Waals surface area contributed by atoms with Gasteiger partial charge in [0.1, 0.15) is 0 Å². The molecule has 1 aliphatic carbocycles. The predicted molar refractivity (Wildman–Crippen MR) is 73.7 cm³/mol. The normalized spacial score (nSPS) is 16.8. The summed E-state index contributed by atoms with van der Waals surface area (Å²) in [4.78, 5) is 28.2. The maximum absolute atomic E-state index is 11.9. The SMILES string of the molecule is O=C(Cc1cn2ccsc2n1)NCC1(C(=O)O)CCC1. The van der Waals surface area contributed by atoms with Crippen molar-refractivity contribution in [2.24, 2.45) is 5.41 Å². The van der Waals surface area contributed by atoms with E-state index in [9.17, 15) is 14.7 Å². The van der Waals surface area contributed by atoms with Crippen LogP contribution in [-0.4, -0.2) is 32.9 Å². The Morgan fingerprint density at radius 3 is 2.90 bits per heavy atom. The van der Waals surface area contributed by atoms with Gasteiger partial charge >= 0.3 is 5.97 Å². The van der Waals surface area contributed by atoms with Crippen LogP contribution in [0.1, 0.15) is 25.0 Å². The van der Waals surface area contributed by atoms with Crippen LogP contribution in [0.4, 0.5) is 0 Å². The summed E-state index contributed by atoms with van der Waals surface area (Å²) in [5, 5.41) is 13.8. The topological polar surface area (TPSA) is 83.7 Å². The third-order valence-electron chi connectivity index (χ3n) is 3.87. The van der Waals surface area contributed by atoms with Crippen molar-refractivity contribution < 1.29 is 14.7 Å². The Bertz CT molecular complexity index is 628. The number of rotatable bonds is 5. The Morgan fingerprint density at radius 2 is 2.30 bits per heavy atom. The predicted octanol–water partition coefficient (Wildman–Crippen LogP) is 1.31. The first kappa shape index (κ1) is 13.1. The second kappa shape index (κ2) is 4.90. The van der Waals surface area contributed by atoms with Gasteiger partial charge in [0.25, 0.3) is 0 Å². The summed E-state index contributed by atoms with van der Waals surface area (Å²) >= 11 is 1.51. The minimum atomic E-state index is -0.813. The van der Waals surface area contributed by atoms with E-state index >= 15 is 0 Å². The van der Waals surface area contributed by atoms with E-state index in [1.807, 2.05) is 22.2 Å². The zero-order valence-corrected chi connectivity index (χ0v) is 11.7. The van der Waals surface area contributed by atoms with Crippen LogP contribution in [0.3, 0.4) is 0 Å². The monoisotopic (exact) mass is 293 g/mol. The number of hydrogen-bond acceptors (Lipinski definition) is 4. The van der Waals surface area contributed by atoms with E-state index < -0.39 is 11.4 Å². The van der Waals surface area contributed by atoms with Gasteiger partial charge in [-0.15, -0.1) is 11.3 Å². The van der Waals surface area contributed by atoms with Gasteiger partial charge in [-0.05, 0) is 12.8 Å². The number of thiazole rings is 1. The number of fused-ring (bicyclic) bond motifs is 1. The van der Waals surface area contributed by atoms with Gasteiger partial charge in [-0.3, -0.25) is 14.0 Å². The maximum Gasteiger partial charge on any atom is 0.311 e. The molecule has 1 amide bonds. The number of aromatic nitrogens is 2. The molecule has 0 bridgehead atoms. The summed E-state index contributed by atoms with van der Waals surface area (Å²) < 4.78 is 1.87. The second-order valence-electron chi connectivity index (χ2n) is 5.22. The summed E-state index contributed by atoms with van der Waals surface area (Å²) in [5.41, 5.74) is -0.0446. The molecule has 0 spiro atoms. The Kier molecular flexibility index (Phi) is 3.21. The number of carbonyl (C=O) groups is 2. The van der Waals surface area contributed by atoms with Crippen molar-refractivity contribution in [2.45, 2.75) is 25.7 Å². The number of nitrogens with one attached hydrogen (secondary N) is 1. The Labute approximate surface area is 119 Å². The number of carboxylic acids is 1. The summed E-state index contributed by atoms with van der Waals surface area (Å²) in [7, 11) is 0. The van der Waals surface area contributed by atoms with Crippen molar-refractivity contribution in [2.75, 3.05) is 6.54 Å². The van der Waals surface area contributed by atoms with Crippen molar-refractivity contribution in [1.29, 1.82) is 0 Å². The van der Waals surface area contributed by atoms with Gasteiger partial charge in [0.15, 0.2) is 4.96 Å². The molecule has 0 saturated heterocycles. The lowest BCUT2D eigenvalue weighted by Gasteiger charge is -2.37. The molecule has 6 nitrogen and oxygen atoms in total. The number of carboxylic acid groups (broad SMARTS) is 1. The first-order valence-electron chi connectivity index (χ1n) is 6.50. The molecule has 1 saturated carbocycles. The van der Waals surface area contributed by atoms with Gasteiger partial charge in [0.2, 0.25) is 5.91 Å². The van der Waals surface area contributed by atoms with Gasteiger partial charge in [0.05, 0.1) is 17.5 Å². The van der Waals surface area contributed by atoms with Gasteiger partial charge in [-0.1, -0.05) is 6.42 Å². The van der Waals surface area contributed by atoms with E-state index in [-0.39, 0.29) is 18.9 Å². The van der Waals surface area contributed by atoms with E-state index in [4.69, 9.17) is 0 Å². The fraction of sp³-hybridized carbons (Fsp3) is 0.462. The van der Waals surface area contributed by atoms with E-state index in [0.717, 1.165) is 11.4 Å². The third-order valence-corrected chi connectivity index (χ3v) is 4.64. The van der Waals surface area contributed by atoms with Crippen LogP contribution in [0.2, 0.25) is 0 Å². The van der Waals surface area contributed by atoms with Crippen LogP contribution in [0.15, 0.2) is 17.8 Å². The molecule has 2 aromatic heterocycles. The zero-order chi connectivity index (χ0) is 14.2. The highest BCUT2D eigenvalue weighted by Gasteiger charge is 2.44. The number of amides is 1. The summed E-state index contributed by atoms with van der Waals surface area (Å²) in [6.45, 7) is 0.212. The molecule has 2 aromatic rings. The Morgan fingerprint density at radius 1 is 1.50 bits per heavy atom. The van der Waals surface area contributed by atoms with Crippen LogP contribution in [0, 0.1) is 5.41 Å². The Balaban J connectivity index is 1.57. The van der Waals surface area contributed by atoms with Crippen molar-refractivity contribution in [3.63, 3.8) is 0 Å². The quantitative estimate of drug-likeness (QED) is 0.870. The molecule has 2 heterocycles. The summed E-state index contributed by atoms with van der Waals surface area (Å²) in [6, 6.07) is 0. The molecule has 20 heavy (non-hydrogen) atoms. The number of hydrogen-bond donors (Lipinski definition) is 2. The van der Waals surface area contributed by atoms with Crippen LogP contribution >= 0.6 is 11.3 Å². The minimum Gasteiger partial charge on any atom is -0.481 e. The standard InChI is InChI=1S/C13H15N3O3S/c17-10(14-8-13(11(18)19)2-1-3-13)6-9-7-16-4-5-20-12(16)15-9/h4-5,7H,1-3,6,8H2,(H,14,17)(H,18,19). The molecule has 0 radical (unpaired) electrons. The number of imidazole rings is 1. The van der Waals surface area contributed by atoms with Crippen molar-refractivity contribution >= 4 is 28.2 Å². The molecule has 0 unspecified atom stereocenters. The van der Waals surface area contributed by atoms with Crippen LogP contribution in [-0.2, 0) is 16.0 Å². The number of nitrogens with zero attached hydrogens (tertiary/aromatic N) is 2. The molecule has 0 atom stereocenters. The lowest BCUT2D eigenvalue weighted by molar-refractivity contribution is -0.154. The summed E-state index contributed by atoms with van der Waals surface area (Å²) in [5.74, 6) is -0.991. The average Bonchev–Trinajstić information content (AvgIpc) is 2.87. The molecule has 0 aliphatic heterocycles. The van der Waals surface area contributed by atoms with Gasteiger partial charge in [-0.2, -0.15) is 0 Å². The Hall–Kier alpha value is -1.89. The van der Waals surface area contributed by atoms with Crippen LogP contribution in [0.25, 0.3) is 4.96 Å². The summed E-state index contributed by atoms with van der Waals surface area (Å²) in [6.07, 6.45) is 6.10. The molecular formula is C13H15N3O3S. The number of aliphatic carboxylic acids is 1. The maximum atomic E-state index is 11.9. The molecule has 2 N–H and O–H groups in total. The van der Waals surface area contributed by atoms with E-state index in [0.29, 0.717) is 18.5 Å². The average molecular weight is 293 g/mol. The minimum absolute atomic E-state index is 0.178. The van der Waals surface area contributed by atoms with Crippen molar-refractivity contribution in [3.8, 4) is 0 Å². The molecule has 0 aromatic carbocycles. The smallest absolute Gasteiger partial charge is 0.311 e. The highest BCUT2D eigenvalue weighted by molar-refractivity contribution is 7.15. The van der Waals surface area contributed by atoms with Gasteiger partial charge in [-0.25, -0.2) is 4.98 Å². The zero-order valence-electron chi connectivity index (χ0n) is 10.8. The molecule has 106 valence electrons. The first-order valence-corrected chi connectivity index (χ1v) is 7.38. The van der Waals surface area contributed by atoms with Crippen molar-refractivity contribution in [1.82, 2.24) is 14.7 Å². The number of carbonyl (C=O) groups excluding carboxylic acids is 1. The van der Waals surface area contributed by atoms with E-state index in [1.165, 1.54) is 11.3 Å². The lowest BCUT2D eigenvalue weighted by atomic mass is 9.69. The molecule has 1 fully saturated rings. The fourth-order valence-corrected chi connectivity index (χ4v) is 3.14. The van der Waals surface area contributed by atoms with E-state index in [2.05, 4.69) is 10.3 Å². The third kappa shape index (κ3) is 2.29. The highest BCUT2D eigenvalue weighted by Crippen LogP contribution is 2.40. The first-order chi connectivity index (χ1) is 9.59. The molecule has 1 aliphatic rings. The van der Waals surface area contributed by atoms with Crippen LogP contribution in [0.5, 0.6) is 0 Å². The van der Waals surface area contributed by atoms with Gasteiger partial charge < -0.3 is 10.4 Å². The molecule has 3 rings (SSSR count). The van der Waals surface area contributed by atoms with Crippen LogP contribution < -0.4 is 5.32 Å². The lowest BCUT2D eigenvalue weighted by Crippen LogP contribution is -2.47. The molecular weight excluding hydrogens is 278 g/mol. The largest absolute Gasteiger partial charge is 0.481 e. The van der Waals surface area contributed by atoms with Gasteiger partial charge in [0, 0.05) is 24.3 Å². The van der Waals surface area contributed by atoms with E-state index in [1.54, 1.807) is 0 Å². The highest BCUT2D eigenvalue weighted by atomic mass is 32.1. The van der Waals surface area contributed by atoms with Crippen molar-refractivity contribution in [3.05, 3.63) is 23.5 Å². The second-order valence-corrected chi connectivity index (χ2v) is 6.09.